The van der Waals surface area contributed by atoms with Gasteiger partial charge in [-0.3, -0.25) is 9.79 Å². The summed E-state index contributed by atoms with van der Waals surface area (Å²) in [6.45, 7) is 4.11. The molecule has 0 aromatic rings. The first-order valence-electron chi connectivity index (χ1n) is 5.82. The van der Waals surface area contributed by atoms with Gasteiger partial charge in [0.2, 0.25) is 5.91 Å². The summed E-state index contributed by atoms with van der Waals surface area (Å²) in [4.78, 5) is 14.6. The first kappa shape index (κ1) is 16.9. The van der Waals surface area contributed by atoms with Crippen LogP contribution in [0.1, 0.15) is 20.3 Å². The summed E-state index contributed by atoms with van der Waals surface area (Å²) in [6.07, 6.45) is 1.33. The maximum Gasteiger partial charge on any atom is 0.222 e. The van der Waals surface area contributed by atoms with E-state index in [2.05, 4.69) is 10.3 Å². The van der Waals surface area contributed by atoms with Gasteiger partial charge >= 0.3 is 0 Å². The number of aliphatic imine (C=N–C) groups is 1. The van der Waals surface area contributed by atoms with Crippen molar-refractivity contribution in [2.75, 3.05) is 46.6 Å². The number of rotatable bonds is 0. The van der Waals surface area contributed by atoms with Gasteiger partial charge in [-0.25, -0.2) is 0 Å². The van der Waals surface area contributed by atoms with Gasteiger partial charge in [0, 0.05) is 19.4 Å². The minimum atomic E-state index is 0. The highest BCUT2D eigenvalue weighted by atomic mass is 16.5. The number of hydrogen-bond donors (Lipinski definition) is 1. The molecular weight excluding hydrogens is 236 g/mol. The maximum atomic E-state index is 10.5. The van der Waals surface area contributed by atoms with Crippen LogP contribution in [0, 0.1) is 0 Å². The van der Waals surface area contributed by atoms with Gasteiger partial charge in [0.15, 0.2) is 5.90 Å². The second-order valence-electron chi connectivity index (χ2n) is 3.55. The minimum absolute atomic E-state index is 0. The molecule has 106 valence electrons. The highest BCUT2D eigenvalue weighted by molar-refractivity contribution is 5.76. The number of hydrogen-bond acceptors (Lipinski definition) is 5. The number of carbonyl (C=O) groups excluding carboxylic acids is 1. The normalized spacial score (nSPS) is 19.8. The molecule has 1 amide bonds. The summed E-state index contributed by atoms with van der Waals surface area (Å²) in [5.41, 5.74) is 0. The summed E-state index contributed by atoms with van der Waals surface area (Å²) in [7, 11) is 1.64. The molecule has 0 bridgehead atoms. The Hall–Kier alpha value is -1.14. The smallest absolute Gasteiger partial charge is 0.222 e. The Morgan fingerprint density at radius 1 is 1.17 bits per heavy atom. The van der Waals surface area contributed by atoms with Gasteiger partial charge in [-0.2, -0.15) is 0 Å². The molecule has 0 aromatic heterocycles. The van der Waals surface area contributed by atoms with E-state index in [1.54, 1.807) is 7.11 Å². The van der Waals surface area contributed by atoms with Crippen LogP contribution in [0.4, 0.5) is 0 Å². The Balaban J connectivity index is 0.000000306. The van der Waals surface area contributed by atoms with Gasteiger partial charge < -0.3 is 19.5 Å². The van der Waals surface area contributed by atoms with E-state index >= 15 is 0 Å². The summed E-state index contributed by atoms with van der Waals surface area (Å²) in [6, 6.07) is 0. The molecule has 2 heterocycles. The van der Waals surface area contributed by atoms with Gasteiger partial charge in [-0.15, -0.1) is 0 Å². The first-order valence-corrected chi connectivity index (χ1v) is 5.82. The summed E-state index contributed by atoms with van der Waals surface area (Å²) in [5.74, 6) is 0.912. The molecule has 0 aliphatic carbocycles. The molecule has 2 aliphatic rings. The molecule has 2 aliphatic heterocycles. The third-order valence-electron chi connectivity index (χ3n) is 2.26. The molecule has 6 heteroatoms. The third-order valence-corrected chi connectivity index (χ3v) is 2.26. The second-order valence-corrected chi connectivity index (χ2v) is 3.55. The molecule has 1 N–H and O–H groups in total. The number of nitrogens with zero attached hydrogens (tertiary/aromatic N) is 1. The van der Waals surface area contributed by atoms with Crippen molar-refractivity contribution in [3.63, 3.8) is 0 Å². The number of methoxy groups -OCH3 is 1. The van der Waals surface area contributed by atoms with E-state index in [9.17, 15) is 4.79 Å². The fourth-order valence-electron chi connectivity index (χ4n) is 1.36. The average Bonchev–Trinajstić information content (AvgIpc) is 2.73. The lowest BCUT2D eigenvalue weighted by Gasteiger charge is -1.98. The van der Waals surface area contributed by atoms with Crippen LogP contribution in [0.5, 0.6) is 0 Å². The Morgan fingerprint density at radius 2 is 1.89 bits per heavy atom. The van der Waals surface area contributed by atoms with Crippen molar-refractivity contribution in [1.82, 2.24) is 5.32 Å². The van der Waals surface area contributed by atoms with Gasteiger partial charge in [-0.1, -0.05) is 7.43 Å². The van der Waals surface area contributed by atoms with Crippen LogP contribution in [-0.2, 0) is 19.0 Å². The van der Waals surface area contributed by atoms with E-state index in [-0.39, 0.29) is 13.3 Å². The third kappa shape index (κ3) is 8.03. The SMILES string of the molecule is C.COC1=NCCOCC1.O=C1CCOCCN1. The fraction of sp³-hybridized carbons (Fsp3) is 0.833. The van der Waals surface area contributed by atoms with Gasteiger partial charge in [0.05, 0.1) is 40.1 Å². The Bertz CT molecular complexity index is 246. The van der Waals surface area contributed by atoms with Crippen molar-refractivity contribution in [3.8, 4) is 0 Å². The molecule has 1 saturated heterocycles. The average molecular weight is 260 g/mol. The minimum Gasteiger partial charge on any atom is -0.484 e. The molecule has 0 unspecified atom stereocenters. The van der Waals surface area contributed by atoms with Crippen molar-refractivity contribution >= 4 is 11.8 Å². The van der Waals surface area contributed by atoms with Crippen LogP contribution < -0.4 is 5.32 Å². The fourth-order valence-corrected chi connectivity index (χ4v) is 1.36. The molecule has 0 spiro atoms. The lowest BCUT2D eigenvalue weighted by molar-refractivity contribution is -0.120. The number of ether oxygens (including phenoxy) is 3. The predicted molar refractivity (Wildman–Crippen MR) is 69.9 cm³/mol. The van der Waals surface area contributed by atoms with Crippen molar-refractivity contribution in [1.29, 1.82) is 0 Å². The Labute approximate surface area is 109 Å². The quantitative estimate of drug-likeness (QED) is 0.693. The maximum absolute atomic E-state index is 10.5. The van der Waals surface area contributed by atoms with Crippen LogP contribution in [0.25, 0.3) is 0 Å². The second kappa shape index (κ2) is 11.0. The predicted octanol–water partition coefficient (Wildman–Crippen LogP) is 0.611. The number of nitrogens with one attached hydrogen (secondary N) is 1. The summed E-state index contributed by atoms with van der Waals surface area (Å²) < 4.78 is 15.1. The number of carbonyl (C=O) groups is 1. The van der Waals surface area contributed by atoms with E-state index in [0.717, 1.165) is 32.1 Å². The summed E-state index contributed by atoms with van der Waals surface area (Å²) in [5, 5.41) is 2.68. The highest BCUT2D eigenvalue weighted by Gasteiger charge is 2.03. The van der Waals surface area contributed by atoms with Crippen molar-refractivity contribution < 1.29 is 19.0 Å². The molecule has 0 radical (unpaired) electrons. The van der Waals surface area contributed by atoms with Crippen molar-refractivity contribution in [2.24, 2.45) is 4.99 Å². The first-order chi connectivity index (χ1) is 8.33. The Kier molecular flexibility index (Phi) is 10.3. The molecule has 1 fully saturated rings. The molecule has 0 atom stereocenters. The van der Waals surface area contributed by atoms with Crippen LogP contribution in [0.15, 0.2) is 4.99 Å². The monoisotopic (exact) mass is 260 g/mol. The van der Waals surface area contributed by atoms with Crippen molar-refractivity contribution in [3.05, 3.63) is 0 Å². The van der Waals surface area contributed by atoms with E-state index in [4.69, 9.17) is 14.2 Å². The van der Waals surface area contributed by atoms with Gasteiger partial charge in [-0.05, 0) is 0 Å². The molecule has 18 heavy (non-hydrogen) atoms. The van der Waals surface area contributed by atoms with E-state index in [0.29, 0.717) is 26.2 Å². The molecule has 0 saturated carbocycles. The lowest BCUT2D eigenvalue weighted by atomic mass is 10.4. The van der Waals surface area contributed by atoms with E-state index in [1.165, 1.54) is 0 Å². The summed E-state index contributed by atoms with van der Waals surface area (Å²) >= 11 is 0. The van der Waals surface area contributed by atoms with Crippen LogP contribution in [0.3, 0.4) is 0 Å². The van der Waals surface area contributed by atoms with Gasteiger partial charge in [0.25, 0.3) is 0 Å². The topological polar surface area (TPSA) is 69.2 Å². The van der Waals surface area contributed by atoms with Crippen molar-refractivity contribution in [2.45, 2.75) is 20.3 Å². The standard InChI is InChI=1S/C6H11NO2.C5H9NO2.CH4/c1-8-6-2-4-9-5-3-7-6;7-5-1-3-8-4-2-6-5;/h2-5H2,1H3;1-4H2,(H,6,7);1H4. The highest BCUT2D eigenvalue weighted by Crippen LogP contribution is 1.94. The van der Waals surface area contributed by atoms with Crippen LogP contribution in [-0.4, -0.2) is 58.4 Å². The molecular formula is C12H24N2O4. The zero-order valence-electron chi connectivity index (χ0n) is 10.2. The largest absolute Gasteiger partial charge is 0.484 e. The Morgan fingerprint density at radius 3 is 2.67 bits per heavy atom. The lowest BCUT2D eigenvalue weighted by Crippen LogP contribution is -2.23. The van der Waals surface area contributed by atoms with E-state index in [1.807, 2.05) is 0 Å². The zero-order chi connectivity index (χ0) is 12.3. The van der Waals surface area contributed by atoms with Gasteiger partial charge in [0.1, 0.15) is 0 Å². The molecule has 0 aromatic carbocycles. The van der Waals surface area contributed by atoms with Crippen LogP contribution in [0.2, 0.25) is 0 Å². The molecule has 2 rings (SSSR count). The molecule has 6 nitrogen and oxygen atoms in total. The van der Waals surface area contributed by atoms with E-state index < -0.39 is 0 Å². The zero-order valence-corrected chi connectivity index (χ0v) is 10.2. The van der Waals surface area contributed by atoms with Crippen LogP contribution >= 0.6 is 0 Å². The number of amides is 1.